The van der Waals surface area contributed by atoms with E-state index in [-0.39, 0.29) is 5.91 Å². The number of anilines is 1. The number of nitrogens with one attached hydrogen (secondary N) is 2. The van der Waals surface area contributed by atoms with Crippen LogP contribution in [-0.2, 0) is 4.79 Å². The van der Waals surface area contributed by atoms with Gasteiger partial charge in [-0.1, -0.05) is 28.1 Å². The molecule has 1 aliphatic heterocycles. The first-order valence-electron chi connectivity index (χ1n) is 7.40. The van der Waals surface area contributed by atoms with E-state index in [1.165, 1.54) is 11.8 Å². The van der Waals surface area contributed by atoms with Crippen LogP contribution in [0.5, 0.6) is 0 Å². The van der Waals surface area contributed by atoms with Crippen molar-refractivity contribution in [3.63, 3.8) is 0 Å². The molecule has 4 heteroatoms. The Morgan fingerprint density at radius 2 is 2.05 bits per heavy atom. The molecule has 110 valence electrons. The van der Waals surface area contributed by atoms with Gasteiger partial charge in [0.05, 0.1) is 0 Å². The van der Waals surface area contributed by atoms with E-state index in [4.69, 9.17) is 0 Å². The summed E-state index contributed by atoms with van der Waals surface area (Å²) < 4.78 is 1.07. The number of rotatable bonds is 4. The zero-order valence-corrected chi connectivity index (χ0v) is 13.4. The van der Waals surface area contributed by atoms with E-state index in [0.717, 1.165) is 35.1 Å². The summed E-state index contributed by atoms with van der Waals surface area (Å²) >= 11 is 3.47. The number of carbonyl (C=O) groups is 1. The maximum atomic E-state index is 12.0. The van der Waals surface area contributed by atoms with Gasteiger partial charge >= 0.3 is 0 Å². The van der Waals surface area contributed by atoms with Gasteiger partial charge in [-0.15, -0.1) is 0 Å². The van der Waals surface area contributed by atoms with Crippen molar-refractivity contribution >= 4 is 38.3 Å². The molecule has 1 aliphatic rings. The normalized spacial score (nSPS) is 18.0. The molecule has 0 aliphatic carbocycles. The van der Waals surface area contributed by atoms with Gasteiger partial charge in [-0.05, 0) is 66.9 Å². The van der Waals surface area contributed by atoms with Crippen molar-refractivity contribution in [3.05, 3.63) is 40.9 Å². The van der Waals surface area contributed by atoms with Gasteiger partial charge in [-0.2, -0.15) is 0 Å². The Balaban J connectivity index is 1.61. The van der Waals surface area contributed by atoms with Gasteiger partial charge in [0.2, 0.25) is 5.91 Å². The van der Waals surface area contributed by atoms with E-state index in [2.05, 4.69) is 38.7 Å². The molecule has 0 bridgehead atoms. The quantitative estimate of drug-likeness (QED) is 0.880. The third-order valence-corrected chi connectivity index (χ3v) is 4.52. The third-order valence-electron chi connectivity index (χ3n) is 4.03. The summed E-state index contributed by atoms with van der Waals surface area (Å²) in [4.78, 5) is 12.0. The smallest absolute Gasteiger partial charge is 0.224 e. The van der Waals surface area contributed by atoms with Crippen molar-refractivity contribution in [2.45, 2.75) is 19.3 Å². The summed E-state index contributed by atoms with van der Waals surface area (Å²) in [5.74, 6) is 0.767. The van der Waals surface area contributed by atoms with Crippen molar-refractivity contribution in [1.82, 2.24) is 5.32 Å². The number of benzene rings is 2. The summed E-state index contributed by atoms with van der Waals surface area (Å²) in [6.45, 7) is 2.14. The molecule has 21 heavy (non-hydrogen) atoms. The first kappa shape index (κ1) is 14.5. The molecule has 1 unspecified atom stereocenters. The van der Waals surface area contributed by atoms with Crippen molar-refractivity contribution in [2.24, 2.45) is 5.92 Å². The average Bonchev–Trinajstić information content (AvgIpc) is 2.99. The van der Waals surface area contributed by atoms with E-state index in [1.54, 1.807) is 0 Å². The predicted octanol–water partition coefficient (Wildman–Crippen LogP) is 3.93. The lowest BCUT2D eigenvalue weighted by Crippen LogP contribution is -2.14. The molecule has 0 spiro atoms. The Morgan fingerprint density at radius 3 is 2.86 bits per heavy atom. The number of hydrogen-bond donors (Lipinski definition) is 2. The van der Waals surface area contributed by atoms with E-state index in [1.807, 2.05) is 24.3 Å². The number of fused-ring (bicyclic) bond motifs is 1. The topological polar surface area (TPSA) is 41.1 Å². The molecular weight excluding hydrogens is 328 g/mol. The molecule has 3 rings (SSSR count). The van der Waals surface area contributed by atoms with Crippen LogP contribution in [0.1, 0.15) is 19.3 Å². The van der Waals surface area contributed by atoms with Crippen molar-refractivity contribution in [3.8, 4) is 0 Å². The van der Waals surface area contributed by atoms with Crippen LogP contribution >= 0.6 is 15.9 Å². The highest BCUT2D eigenvalue weighted by atomic mass is 79.9. The average molecular weight is 347 g/mol. The van der Waals surface area contributed by atoms with Crippen LogP contribution in [0.25, 0.3) is 10.8 Å². The SMILES string of the molecule is O=C(CCC1CCNC1)Nc1ccc2cc(Br)ccc2c1. The van der Waals surface area contributed by atoms with E-state index < -0.39 is 0 Å². The van der Waals surface area contributed by atoms with Gasteiger partial charge in [-0.25, -0.2) is 0 Å². The Kier molecular flexibility index (Phi) is 4.56. The van der Waals surface area contributed by atoms with Crippen LogP contribution in [0.2, 0.25) is 0 Å². The summed E-state index contributed by atoms with van der Waals surface area (Å²) in [7, 11) is 0. The van der Waals surface area contributed by atoms with Gasteiger partial charge in [0, 0.05) is 16.6 Å². The van der Waals surface area contributed by atoms with Crippen LogP contribution in [0.15, 0.2) is 40.9 Å². The lowest BCUT2D eigenvalue weighted by molar-refractivity contribution is -0.116. The minimum Gasteiger partial charge on any atom is -0.326 e. The Morgan fingerprint density at radius 1 is 1.24 bits per heavy atom. The van der Waals surface area contributed by atoms with Crippen LogP contribution in [0.4, 0.5) is 5.69 Å². The van der Waals surface area contributed by atoms with E-state index in [0.29, 0.717) is 12.3 Å². The standard InChI is InChI=1S/C17H19BrN2O/c18-15-4-2-14-10-16(5-3-13(14)9-15)20-17(21)6-1-12-7-8-19-11-12/h2-5,9-10,12,19H,1,6-8,11H2,(H,20,21). The predicted molar refractivity (Wildman–Crippen MR) is 90.5 cm³/mol. The minimum absolute atomic E-state index is 0.110. The van der Waals surface area contributed by atoms with Crippen LogP contribution < -0.4 is 10.6 Å². The molecule has 2 aromatic carbocycles. The maximum absolute atomic E-state index is 12.0. The maximum Gasteiger partial charge on any atom is 0.224 e. The molecular formula is C17H19BrN2O. The molecule has 0 aromatic heterocycles. The van der Waals surface area contributed by atoms with E-state index >= 15 is 0 Å². The Bertz CT molecular complexity index is 650. The second-order valence-corrected chi connectivity index (χ2v) is 6.57. The molecule has 2 N–H and O–H groups in total. The highest BCUT2D eigenvalue weighted by molar-refractivity contribution is 9.10. The van der Waals surface area contributed by atoms with Crippen molar-refractivity contribution < 1.29 is 4.79 Å². The fraction of sp³-hybridized carbons (Fsp3) is 0.353. The fourth-order valence-corrected chi connectivity index (χ4v) is 3.19. The van der Waals surface area contributed by atoms with Crippen molar-refractivity contribution in [2.75, 3.05) is 18.4 Å². The molecule has 1 heterocycles. The molecule has 3 nitrogen and oxygen atoms in total. The van der Waals surface area contributed by atoms with Crippen LogP contribution in [-0.4, -0.2) is 19.0 Å². The molecule has 1 saturated heterocycles. The lowest BCUT2D eigenvalue weighted by atomic mass is 10.0. The van der Waals surface area contributed by atoms with E-state index in [9.17, 15) is 4.79 Å². The second kappa shape index (κ2) is 6.58. The first-order valence-corrected chi connectivity index (χ1v) is 8.20. The number of amides is 1. The van der Waals surface area contributed by atoms with Gasteiger partial charge < -0.3 is 10.6 Å². The highest BCUT2D eigenvalue weighted by Crippen LogP contribution is 2.23. The third kappa shape index (κ3) is 3.83. The summed E-state index contributed by atoms with van der Waals surface area (Å²) in [6.07, 6.45) is 2.77. The molecule has 0 radical (unpaired) electrons. The van der Waals surface area contributed by atoms with Gasteiger partial charge in [-0.3, -0.25) is 4.79 Å². The largest absolute Gasteiger partial charge is 0.326 e. The second-order valence-electron chi connectivity index (χ2n) is 5.65. The monoisotopic (exact) mass is 346 g/mol. The summed E-state index contributed by atoms with van der Waals surface area (Å²) in [5, 5.41) is 8.64. The van der Waals surface area contributed by atoms with Crippen LogP contribution in [0.3, 0.4) is 0 Å². The fourth-order valence-electron chi connectivity index (χ4n) is 2.81. The number of halogens is 1. The van der Waals surface area contributed by atoms with Gasteiger partial charge in [0.1, 0.15) is 0 Å². The summed E-state index contributed by atoms with van der Waals surface area (Å²) in [5.41, 5.74) is 0.874. The zero-order valence-electron chi connectivity index (χ0n) is 11.9. The molecule has 0 saturated carbocycles. The first-order chi connectivity index (χ1) is 10.2. The summed E-state index contributed by atoms with van der Waals surface area (Å²) in [6, 6.07) is 12.2. The molecule has 1 atom stereocenters. The Labute approximate surface area is 133 Å². The van der Waals surface area contributed by atoms with Gasteiger partial charge in [0.25, 0.3) is 0 Å². The Hall–Kier alpha value is -1.39. The van der Waals surface area contributed by atoms with Gasteiger partial charge in [0.15, 0.2) is 0 Å². The number of hydrogen-bond acceptors (Lipinski definition) is 2. The highest BCUT2D eigenvalue weighted by Gasteiger charge is 2.15. The lowest BCUT2D eigenvalue weighted by Gasteiger charge is -2.09. The van der Waals surface area contributed by atoms with Crippen LogP contribution in [0, 0.1) is 5.92 Å². The minimum atomic E-state index is 0.110. The molecule has 1 fully saturated rings. The molecule has 1 amide bonds. The van der Waals surface area contributed by atoms with Crippen molar-refractivity contribution in [1.29, 1.82) is 0 Å². The zero-order chi connectivity index (χ0) is 14.7. The number of carbonyl (C=O) groups excluding carboxylic acids is 1. The molecule has 2 aromatic rings.